The average molecular weight is 259 g/mol. The summed E-state index contributed by atoms with van der Waals surface area (Å²) in [6.45, 7) is 2.98. The second kappa shape index (κ2) is 6.37. The number of aliphatic hydroxyl groups is 1. The third-order valence-electron chi connectivity index (χ3n) is 3.06. The summed E-state index contributed by atoms with van der Waals surface area (Å²) in [5, 5.41) is 11.6. The van der Waals surface area contributed by atoms with Gasteiger partial charge in [-0.15, -0.1) is 0 Å². The highest BCUT2D eigenvalue weighted by Gasteiger charge is 2.19. The second-order valence-electron chi connectivity index (χ2n) is 4.52. The molecule has 0 saturated carbocycles. The SMILES string of the molecule is Cc1ccc(C#CCO)cc1C(=O)NC1CCOC1. The van der Waals surface area contributed by atoms with E-state index >= 15 is 0 Å². The summed E-state index contributed by atoms with van der Waals surface area (Å²) in [4.78, 5) is 12.2. The predicted molar refractivity (Wildman–Crippen MR) is 71.8 cm³/mol. The van der Waals surface area contributed by atoms with Crippen LogP contribution in [-0.2, 0) is 4.74 Å². The van der Waals surface area contributed by atoms with Crippen molar-refractivity contribution in [2.75, 3.05) is 19.8 Å². The van der Waals surface area contributed by atoms with Gasteiger partial charge in [-0.25, -0.2) is 0 Å². The number of nitrogens with one attached hydrogen (secondary N) is 1. The van der Waals surface area contributed by atoms with Crippen molar-refractivity contribution in [3.8, 4) is 11.8 Å². The lowest BCUT2D eigenvalue weighted by molar-refractivity contribution is 0.0929. The highest BCUT2D eigenvalue weighted by molar-refractivity contribution is 5.96. The first-order valence-corrected chi connectivity index (χ1v) is 6.29. The molecule has 2 rings (SSSR count). The Labute approximate surface area is 112 Å². The molecule has 1 aliphatic heterocycles. The maximum absolute atomic E-state index is 12.2. The number of rotatable bonds is 2. The summed E-state index contributed by atoms with van der Waals surface area (Å²) >= 11 is 0. The zero-order valence-corrected chi connectivity index (χ0v) is 10.9. The highest BCUT2D eigenvalue weighted by Crippen LogP contribution is 2.12. The molecular weight excluding hydrogens is 242 g/mol. The zero-order valence-electron chi connectivity index (χ0n) is 10.9. The molecule has 4 heteroatoms. The van der Waals surface area contributed by atoms with Gasteiger partial charge in [0.25, 0.3) is 5.91 Å². The van der Waals surface area contributed by atoms with E-state index in [1.807, 2.05) is 19.1 Å². The number of amides is 1. The Hall–Kier alpha value is -1.83. The lowest BCUT2D eigenvalue weighted by Gasteiger charge is -2.12. The van der Waals surface area contributed by atoms with Gasteiger partial charge in [-0.05, 0) is 31.0 Å². The van der Waals surface area contributed by atoms with Crippen LogP contribution in [0.25, 0.3) is 0 Å². The number of aryl methyl sites for hydroxylation is 1. The van der Waals surface area contributed by atoms with E-state index in [1.165, 1.54) is 0 Å². The topological polar surface area (TPSA) is 58.6 Å². The number of aliphatic hydroxyl groups excluding tert-OH is 1. The van der Waals surface area contributed by atoms with E-state index < -0.39 is 0 Å². The van der Waals surface area contributed by atoms with Crippen LogP contribution < -0.4 is 5.32 Å². The monoisotopic (exact) mass is 259 g/mol. The molecule has 0 bridgehead atoms. The van der Waals surface area contributed by atoms with Crippen LogP contribution in [0.15, 0.2) is 18.2 Å². The molecule has 1 aromatic carbocycles. The largest absolute Gasteiger partial charge is 0.384 e. The first-order chi connectivity index (χ1) is 9.20. The van der Waals surface area contributed by atoms with Gasteiger partial charge in [0.2, 0.25) is 0 Å². The van der Waals surface area contributed by atoms with Gasteiger partial charge in [0, 0.05) is 17.7 Å². The van der Waals surface area contributed by atoms with E-state index in [-0.39, 0.29) is 18.6 Å². The highest BCUT2D eigenvalue weighted by atomic mass is 16.5. The lowest BCUT2D eigenvalue weighted by atomic mass is 10.0. The number of carbonyl (C=O) groups is 1. The normalized spacial score (nSPS) is 17.7. The number of carbonyl (C=O) groups excluding carboxylic acids is 1. The molecule has 0 radical (unpaired) electrons. The predicted octanol–water partition coefficient (Wildman–Crippen LogP) is 0.858. The fourth-order valence-electron chi connectivity index (χ4n) is 2.00. The first-order valence-electron chi connectivity index (χ1n) is 6.29. The van der Waals surface area contributed by atoms with Crippen molar-refractivity contribution in [2.24, 2.45) is 0 Å². The minimum Gasteiger partial charge on any atom is -0.384 e. The van der Waals surface area contributed by atoms with Gasteiger partial charge in [-0.3, -0.25) is 4.79 Å². The van der Waals surface area contributed by atoms with E-state index in [0.717, 1.165) is 17.5 Å². The van der Waals surface area contributed by atoms with Crippen molar-refractivity contribution in [3.63, 3.8) is 0 Å². The standard InChI is InChI=1S/C15H17NO3/c1-11-4-5-12(3-2-7-17)9-14(11)15(18)16-13-6-8-19-10-13/h4-5,9,13,17H,6-8,10H2,1H3,(H,16,18). The van der Waals surface area contributed by atoms with Gasteiger partial charge < -0.3 is 15.2 Å². The van der Waals surface area contributed by atoms with Crippen molar-refractivity contribution < 1.29 is 14.6 Å². The van der Waals surface area contributed by atoms with Gasteiger partial charge in [0.15, 0.2) is 0 Å². The molecule has 19 heavy (non-hydrogen) atoms. The third-order valence-corrected chi connectivity index (χ3v) is 3.06. The minimum atomic E-state index is -0.186. The Morgan fingerprint density at radius 2 is 2.42 bits per heavy atom. The number of benzene rings is 1. The van der Waals surface area contributed by atoms with Crippen LogP contribution in [0, 0.1) is 18.8 Å². The number of hydrogen-bond donors (Lipinski definition) is 2. The van der Waals surface area contributed by atoms with Gasteiger partial charge >= 0.3 is 0 Å². The summed E-state index contributed by atoms with van der Waals surface area (Å²) in [6, 6.07) is 5.55. The molecule has 1 fully saturated rings. The van der Waals surface area contributed by atoms with Crippen LogP contribution in [0.3, 0.4) is 0 Å². The van der Waals surface area contributed by atoms with E-state index in [1.54, 1.807) is 6.07 Å². The second-order valence-corrected chi connectivity index (χ2v) is 4.52. The smallest absolute Gasteiger partial charge is 0.251 e. The van der Waals surface area contributed by atoms with Crippen molar-refractivity contribution in [1.82, 2.24) is 5.32 Å². The van der Waals surface area contributed by atoms with Crippen LogP contribution in [0.2, 0.25) is 0 Å². The van der Waals surface area contributed by atoms with Gasteiger partial charge in [0.05, 0.1) is 12.6 Å². The number of hydrogen-bond acceptors (Lipinski definition) is 3. The molecule has 1 heterocycles. The average Bonchev–Trinajstić information content (AvgIpc) is 2.90. The van der Waals surface area contributed by atoms with Crippen LogP contribution in [0.5, 0.6) is 0 Å². The quantitative estimate of drug-likeness (QED) is 0.774. The van der Waals surface area contributed by atoms with Crippen LogP contribution >= 0.6 is 0 Å². The molecule has 1 aromatic rings. The number of ether oxygens (including phenoxy) is 1. The van der Waals surface area contributed by atoms with Crippen molar-refractivity contribution in [3.05, 3.63) is 34.9 Å². The Morgan fingerprint density at radius 3 is 3.11 bits per heavy atom. The van der Waals surface area contributed by atoms with Gasteiger partial charge in [-0.1, -0.05) is 17.9 Å². The summed E-state index contributed by atoms with van der Waals surface area (Å²) in [5.41, 5.74) is 2.26. The van der Waals surface area contributed by atoms with Crippen LogP contribution in [0.1, 0.15) is 27.9 Å². The molecule has 0 spiro atoms. The summed E-state index contributed by atoms with van der Waals surface area (Å²) in [7, 11) is 0. The van der Waals surface area contributed by atoms with Crippen LogP contribution in [0.4, 0.5) is 0 Å². The van der Waals surface area contributed by atoms with Crippen LogP contribution in [-0.4, -0.2) is 36.9 Å². The fraction of sp³-hybridized carbons (Fsp3) is 0.400. The molecule has 1 unspecified atom stereocenters. The van der Waals surface area contributed by atoms with Gasteiger partial charge in [-0.2, -0.15) is 0 Å². The molecule has 1 atom stereocenters. The fourth-order valence-corrected chi connectivity index (χ4v) is 2.00. The summed E-state index contributed by atoms with van der Waals surface area (Å²) < 4.78 is 5.24. The van der Waals surface area contributed by atoms with E-state index in [2.05, 4.69) is 17.2 Å². The Morgan fingerprint density at radius 1 is 1.58 bits per heavy atom. The molecule has 4 nitrogen and oxygen atoms in total. The van der Waals surface area contributed by atoms with Gasteiger partial charge in [0.1, 0.15) is 6.61 Å². The molecule has 100 valence electrons. The molecule has 2 N–H and O–H groups in total. The maximum Gasteiger partial charge on any atom is 0.251 e. The summed E-state index contributed by atoms with van der Waals surface area (Å²) in [5.74, 6) is 5.29. The Kier molecular flexibility index (Phi) is 4.56. The van der Waals surface area contributed by atoms with Crippen molar-refractivity contribution in [1.29, 1.82) is 0 Å². The lowest BCUT2D eigenvalue weighted by Crippen LogP contribution is -2.35. The van der Waals surface area contributed by atoms with E-state index in [4.69, 9.17) is 9.84 Å². The van der Waals surface area contributed by atoms with E-state index in [0.29, 0.717) is 18.8 Å². The molecule has 1 amide bonds. The molecule has 0 aromatic heterocycles. The molecule has 1 aliphatic rings. The van der Waals surface area contributed by atoms with E-state index in [9.17, 15) is 4.79 Å². The zero-order chi connectivity index (χ0) is 13.7. The maximum atomic E-state index is 12.2. The molecule has 0 aliphatic carbocycles. The van der Waals surface area contributed by atoms with Crippen molar-refractivity contribution in [2.45, 2.75) is 19.4 Å². The Balaban J connectivity index is 2.15. The molecule has 1 saturated heterocycles. The minimum absolute atomic E-state index is 0.0964. The Bertz CT molecular complexity index is 522. The third kappa shape index (κ3) is 3.57. The van der Waals surface area contributed by atoms with Crippen molar-refractivity contribution >= 4 is 5.91 Å². The summed E-state index contributed by atoms with van der Waals surface area (Å²) in [6.07, 6.45) is 0.856. The molecular formula is C15H17NO3. The first kappa shape index (κ1) is 13.6.